The van der Waals surface area contributed by atoms with E-state index >= 15 is 0 Å². The molecule has 0 bridgehead atoms. The number of fused-ring (bicyclic) bond motifs is 2. The molecule has 0 spiro atoms. The molecule has 6 heteroatoms. The van der Waals surface area contributed by atoms with Crippen molar-refractivity contribution in [2.24, 2.45) is 0 Å². The Morgan fingerprint density at radius 1 is 1.33 bits per heavy atom. The van der Waals surface area contributed by atoms with E-state index in [9.17, 15) is 4.21 Å². The highest BCUT2D eigenvalue weighted by Crippen LogP contribution is 2.41. The molecule has 2 heterocycles. The summed E-state index contributed by atoms with van der Waals surface area (Å²) in [6.07, 6.45) is 6.91. The van der Waals surface area contributed by atoms with Gasteiger partial charge in [-0.25, -0.2) is 9.97 Å². The highest BCUT2D eigenvalue weighted by molar-refractivity contribution is 7.93. The van der Waals surface area contributed by atoms with E-state index in [2.05, 4.69) is 15.3 Å². The second-order valence-corrected chi connectivity index (χ2v) is 6.10. The average molecular weight is 300 g/mol. The Kier molecular flexibility index (Phi) is 3.47. The van der Waals surface area contributed by atoms with E-state index in [1.165, 1.54) is 0 Å². The quantitative estimate of drug-likeness (QED) is 0.924. The number of hydrogen-bond donors (Lipinski definition) is 1. The number of aromatic nitrogens is 2. The summed E-state index contributed by atoms with van der Waals surface area (Å²) in [5.41, 5.74) is 2.90. The van der Waals surface area contributed by atoms with E-state index in [-0.39, 0.29) is 0 Å². The van der Waals surface area contributed by atoms with Gasteiger partial charge in [-0.2, -0.15) is 0 Å². The van der Waals surface area contributed by atoms with Gasteiger partial charge in [0.1, 0.15) is 0 Å². The van der Waals surface area contributed by atoms with Gasteiger partial charge in [0.05, 0.1) is 22.2 Å². The summed E-state index contributed by atoms with van der Waals surface area (Å²) in [5.74, 6) is 1.52. The average Bonchev–Trinajstić information content (AvgIpc) is 2.47. The Balaban J connectivity index is 2.08. The van der Waals surface area contributed by atoms with Crippen molar-refractivity contribution < 1.29 is 4.21 Å². The molecule has 1 atom stereocenters. The molecule has 0 saturated heterocycles. The molecule has 3 rings (SSSR count). The predicted octanol–water partition coefficient (Wildman–Crippen LogP) is 3.04. The van der Waals surface area contributed by atoms with E-state index < -0.39 is 10.8 Å². The van der Waals surface area contributed by atoms with Gasteiger partial charge in [0, 0.05) is 30.6 Å². The fraction of sp³-hybridized carbons (Fsp3) is 0.200. The van der Waals surface area contributed by atoms with Crippen LogP contribution >= 0.6 is 0 Å². The number of anilines is 4. The van der Waals surface area contributed by atoms with E-state index in [0.29, 0.717) is 0 Å². The second-order valence-electron chi connectivity index (χ2n) is 4.75. The number of nitrogens with one attached hydrogen (secondary N) is 1. The third-order valence-electron chi connectivity index (χ3n) is 3.46. The number of rotatable bonds is 2. The maximum atomic E-state index is 11.8. The molecule has 0 fully saturated rings. The molecule has 0 amide bonds. The SMILES string of the molecule is C/C=C(/c1ccc2c(c1)Nc1nccnc1N2C)S(C)=O. The molecular weight excluding hydrogens is 284 g/mol. The summed E-state index contributed by atoms with van der Waals surface area (Å²) in [7, 11) is 0.942. The number of allylic oxidation sites excluding steroid dienone is 1. The first kappa shape index (κ1) is 13.8. The molecule has 1 aromatic carbocycles. The Bertz CT molecular complexity index is 757. The third-order valence-corrected chi connectivity index (χ3v) is 4.55. The molecule has 1 N–H and O–H groups in total. The van der Waals surface area contributed by atoms with Gasteiger partial charge in [0.25, 0.3) is 0 Å². The van der Waals surface area contributed by atoms with Gasteiger partial charge in [0.2, 0.25) is 0 Å². The van der Waals surface area contributed by atoms with Crippen LogP contribution in [0.4, 0.5) is 23.0 Å². The van der Waals surface area contributed by atoms with Gasteiger partial charge in [-0.05, 0) is 24.6 Å². The first-order valence-electron chi connectivity index (χ1n) is 6.57. The number of nitrogens with zero attached hydrogens (tertiary/aromatic N) is 3. The summed E-state index contributed by atoms with van der Waals surface area (Å²) in [4.78, 5) is 11.5. The molecule has 1 aromatic heterocycles. The zero-order valence-corrected chi connectivity index (χ0v) is 12.9. The lowest BCUT2D eigenvalue weighted by molar-refractivity contribution is 0.692. The lowest BCUT2D eigenvalue weighted by Crippen LogP contribution is -2.19. The third kappa shape index (κ3) is 2.31. The van der Waals surface area contributed by atoms with Crippen molar-refractivity contribution in [1.82, 2.24) is 9.97 Å². The minimum absolute atomic E-state index is 0.726. The topological polar surface area (TPSA) is 58.1 Å². The Morgan fingerprint density at radius 3 is 2.81 bits per heavy atom. The molecule has 1 aliphatic heterocycles. The maximum Gasteiger partial charge on any atom is 0.176 e. The summed E-state index contributed by atoms with van der Waals surface area (Å²) in [6, 6.07) is 5.99. The van der Waals surface area contributed by atoms with Crippen LogP contribution in [0.25, 0.3) is 4.91 Å². The summed E-state index contributed by atoms with van der Waals surface area (Å²) in [6.45, 7) is 1.90. The molecule has 21 heavy (non-hydrogen) atoms. The molecule has 2 aromatic rings. The van der Waals surface area contributed by atoms with Crippen molar-refractivity contribution in [3.05, 3.63) is 42.2 Å². The Hall–Kier alpha value is -2.21. The lowest BCUT2D eigenvalue weighted by Gasteiger charge is -2.29. The van der Waals surface area contributed by atoms with Crippen molar-refractivity contribution in [3.8, 4) is 0 Å². The van der Waals surface area contributed by atoms with Crippen LogP contribution in [-0.2, 0) is 10.8 Å². The molecule has 0 radical (unpaired) electrons. The summed E-state index contributed by atoms with van der Waals surface area (Å²) >= 11 is 0. The fourth-order valence-corrected chi connectivity index (χ4v) is 3.28. The van der Waals surface area contributed by atoms with Gasteiger partial charge in [-0.15, -0.1) is 0 Å². The van der Waals surface area contributed by atoms with Crippen LogP contribution in [0.15, 0.2) is 36.7 Å². The normalized spacial score (nSPS) is 15.0. The number of hydrogen-bond acceptors (Lipinski definition) is 5. The van der Waals surface area contributed by atoms with Gasteiger partial charge in [0.15, 0.2) is 11.6 Å². The highest BCUT2D eigenvalue weighted by Gasteiger charge is 2.22. The minimum Gasteiger partial charge on any atom is -0.335 e. The Morgan fingerprint density at radius 2 is 2.10 bits per heavy atom. The molecule has 0 saturated carbocycles. The number of benzene rings is 1. The molecule has 1 aliphatic rings. The predicted molar refractivity (Wildman–Crippen MR) is 87.5 cm³/mol. The van der Waals surface area contributed by atoms with Crippen LogP contribution in [-0.4, -0.2) is 27.5 Å². The van der Waals surface area contributed by atoms with Gasteiger partial charge in [-0.3, -0.25) is 4.21 Å². The Labute approximate surface area is 126 Å². The van der Waals surface area contributed by atoms with Crippen LogP contribution in [0.5, 0.6) is 0 Å². The van der Waals surface area contributed by atoms with E-state index in [1.807, 2.05) is 43.1 Å². The van der Waals surface area contributed by atoms with Crippen molar-refractivity contribution in [3.63, 3.8) is 0 Å². The monoisotopic (exact) mass is 300 g/mol. The molecule has 108 valence electrons. The van der Waals surface area contributed by atoms with Gasteiger partial charge < -0.3 is 10.2 Å². The van der Waals surface area contributed by atoms with Crippen molar-refractivity contribution in [2.75, 3.05) is 23.5 Å². The van der Waals surface area contributed by atoms with E-state index in [4.69, 9.17) is 0 Å². The largest absolute Gasteiger partial charge is 0.335 e. The van der Waals surface area contributed by atoms with E-state index in [1.54, 1.807) is 18.6 Å². The molecule has 1 unspecified atom stereocenters. The standard InChI is InChI=1S/C15H16N4OS/c1-4-13(21(3)20)10-5-6-12-11(9-10)18-14-15(19(12)2)17-8-7-16-14/h4-9H,1-3H3,(H,16,18)/b13-4-. The van der Waals surface area contributed by atoms with Gasteiger partial charge >= 0.3 is 0 Å². The first-order valence-corrected chi connectivity index (χ1v) is 8.13. The molecule has 5 nitrogen and oxygen atoms in total. The van der Waals surface area contributed by atoms with Crippen LogP contribution < -0.4 is 10.2 Å². The minimum atomic E-state index is -1.02. The summed E-state index contributed by atoms with van der Waals surface area (Å²) < 4.78 is 11.8. The van der Waals surface area contributed by atoms with E-state index in [0.717, 1.165) is 33.5 Å². The fourth-order valence-electron chi connectivity index (χ4n) is 2.49. The maximum absolute atomic E-state index is 11.8. The second kappa shape index (κ2) is 5.29. The van der Waals surface area contributed by atoms with Crippen LogP contribution in [0, 0.1) is 0 Å². The van der Waals surface area contributed by atoms with Crippen LogP contribution in [0.1, 0.15) is 12.5 Å². The van der Waals surface area contributed by atoms with Crippen LogP contribution in [0.3, 0.4) is 0 Å². The van der Waals surface area contributed by atoms with Crippen LogP contribution in [0.2, 0.25) is 0 Å². The molecular formula is C15H16N4OS. The zero-order chi connectivity index (χ0) is 15.0. The highest BCUT2D eigenvalue weighted by atomic mass is 32.2. The van der Waals surface area contributed by atoms with Crippen molar-refractivity contribution in [1.29, 1.82) is 0 Å². The zero-order valence-electron chi connectivity index (χ0n) is 12.1. The first-order chi connectivity index (χ1) is 10.1. The van der Waals surface area contributed by atoms with Crippen molar-refractivity contribution in [2.45, 2.75) is 6.92 Å². The van der Waals surface area contributed by atoms with Crippen molar-refractivity contribution >= 4 is 38.7 Å². The molecule has 0 aliphatic carbocycles. The lowest BCUT2D eigenvalue weighted by atomic mass is 10.1. The smallest absolute Gasteiger partial charge is 0.176 e. The summed E-state index contributed by atoms with van der Waals surface area (Å²) in [5, 5.41) is 3.29. The van der Waals surface area contributed by atoms with Gasteiger partial charge in [-0.1, -0.05) is 12.1 Å².